The average Bonchev–Trinajstić information content (AvgIpc) is 2.56. The molecule has 1 N–H and O–H groups in total. The topological polar surface area (TPSA) is 86.8 Å². The van der Waals surface area contributed by atoms with E-state index >= 15 is 0 Å². The highest BCUT2D eigenvalue weighted by molar-refractivity contribution is 5.16. The van der Waals surface area contributed by atoms with Crippen molar-refractivity contribution in [3.05, 3.63) is 27.9 Å². The minimum atomic E-state index is -4.56. The largest absolute Gasteiger partial charge is 0.435 e. The monoisotopic (exact) mass is 235 g/mol. The van der Waals surface area contributed by atoms with Gasteiger partial charge in [-0.15, -0.1) is 0 Å². The van der Waals surface area contributed by atoms with E-state index in [0.717, 1.165) is 10.7 Å². The highest BCUT2D eigenvalue weighted by Crippen LogP contribution is 2.30. The summed E-state index contributed by atoms with van der Waals surface area (Å²) in [5, 5.41) is 15.3. The highest BCUT2D eigenvalue weighted by atomic mass is 19.4. The van der Waals surface area contributed by atoms with Crippen LogP contribution in [0.25, 0.3) is 10.4 Å². The van der Waals surface area contributed by atoms with E-state index in [1.54, 1.807) is 0 Å². The van der Waals surface area contributed by atoms with Gasteiger partial charge in [-0.2, -0.15) is 18.3 Å². The number of halogens is 3. The summed E-state index contributed by atoms with van der Waals surface area (Å²) in [6, 6.07) is -0.325. The maximum atomic E-state index is 12.3. The lowest BCUT2D eigenvalue weighted by atomic mass is 10.2. The molecule has 1 aromatic heterocycles. The number of aromatic nitrogens is 2. The van der Waals surface area contributed by atoms with Crippen LogP contribution in [0.15, 0.2) is 11.2 Å². The Morgan fingerprint density at radius 1 is 1.69 bits per heavy atom. The molecule has 1 heterocycles. The molecule has 0 bridgehead atoms. The molecule has 9 heteroatoms. The number of hydrogen-bond donors (Lipinski definition) is 1. The van der Waals surface area contributed by atoms with Crippen LogP contribution in [0.3, 0.4) is 0 Å². The van der Waals surface area contributed by atoms with Gasteiger partial charge in [0.25, 0.3) is 0 Å². The molecule has 0 aliphatic rings. The molecule has 0 saturated heterocycles. The summed E-state index contributed by atoms with van der Waals surface area (Å²) < 4.78 is 37.8. The Bertz CT molecular complexity index is 420. The Morgan fingerprint density at radius 3 is 2.69 bits per heavy atom. The summed E-state index contributed by atoms with van der Waals surface area (Å²) in [4.78, 5) is 2.44. The fourth-order valence-corrected chi connectivity index (χ4v) is 1.18. The first-order chi connectivity index (χ1) is 7.40. The van der Waals surface area contributed by atoms with Gasteiger partial charge in [-0.3, -0.25) is 4.68 Å². The van der Waals surface area contributed by atoms with Crippen LogP contribution in [0.1, 0.15) is 17.4 Å². The number of rotatable bonds is 3. The standard InChI is InChI=1S/C7H8F3N5O/c1-15-5(4(3-16)12-14-11)2-6(13-15)7(8,9)10/h2,4,16H,3H2,1H3. The number of aryl methyl sites for hydroxylation is 1. The number of hydrogen-bond acceptors (Lipinski definition) is 3. The molecule has 0 aliphatic heterocycles. The molecule has 16 heavy (non-hydrogen) atoms. The Labute approximate surface area is 87.9 Å². The molecule has 1 rings (SSSR count). The number of aliphatic hydroxyl groups excluding tert-OH is 1. The quantitative estimate of drug-likeness (QED) is 0.491. The first kappa shape index (κ1) is 12.3. The number of nitrogens with zero attached hydrogens (tertiary/aromatic N) is 5. The average molecular weight is 235 g/mol. The maximum absolute atomic E-state index is 12.3. The molecular formula is C7H8F3N5O. The molecule has 6 nitrogen and oxygen atoms in total. The van der Waals surface area contributed by atoms with E-state index in [9.17, 15) is 13.2 Å². The van der Waals surface area contributed by atoms with Gasteiger partial charge < -0.3 is 5.11 Å². The summed E-state index contributed by atoms with van der Waals surface area (Å²) in [5.74, 6) is 0. The normalized spacial score (nSPS) is 13.3. The van der Waals surface area contributed by atoms with Crippen molar-refractivity contribution in [1.82, 2.24) is 9.78 Å². The minimum Gasteiger partial charge on any atom is -0.396 e. The van der Waals surface area contributed by atoms with Crippen LogP contribution in [0, 0.1) is 0 Å². The van der Waals surface area contributed by atoms with Gasteiger partial charge in [-0.25, -0.2) is 0 Å². The molecule has 1 unspecified atom stereocenters. The highest BCUT2D eigenvalue weighted by Gasteiger charge is 2.35. The van der Waals surface area contributed by atoms with Gasteiger partial charge >= 0.3 is 6.18 Å². The lowest BCUT2D eigenvalue weighted by molar-refractivity contribution is -0.141. The van der Waals surface area contributed by atoms with Crippen LogP contribution in [-0.2, 0) is 13.2 Å². The lowest BCUT2D eigenvalue weighted by Gasteiger charge is -2.06. The van der Waals surface area contributed by atoms with Crippen LogP contribution < -0.4 is 0 Å². The molecule has 0 saturated carbocycles. The Balaban J connectivity index is 3.15. The zero-order valence-electron chi connectivity index (χ0n) is 8.18. The summed E-state index contributed by atoms with van der Waals surface area (Å²) in [6.07, 6.45) is -4.56. The number of azide groups is 1. The zero-order chi connectivity index (χ0) is 12.3. The second-order valence-electron chi connectivity index (χ2n) is 2.98. The molecule has 88 valence electrons. The number of alkyl halides is 3. The molecule has 0 amide bonds. The van der Waals surface area contributed by atoms with Crippen molar-refractivity contribution in [2.75, 3.05) is 6.61 Å². The van der Waals surface area contributed by atoms with Gasteiger partial charge in [-0.05, 0) is 11.6 Å². The van der Waals surface area contributed by atoms with E-state index in [0.29, 0.717) is 0 Å². The maximum Gasteiger partial charge on any atom is 0.435 e. The second kappa shape index (κ2) is 4.42. The van der Waals surface area contributed by atoms with Crippen LogP contribution in [0.4, 0.5) is 13.2 Å². The van der Waals surface area contributed by atoms with Crippen LogP contribution in [0.2, 0.25) is 0 Å². The van der Waals surface area contributed by atoms with E-state index in [1.165, 1.54) is 7.05 Å². The number of aliphatic hydroxyl groups is 1. The fourth-order valence-electron chi connectivity index (χ4n) is 1.18. The van der Waals surface area contributed by atoms with Gasteiger partial charge in [0.05, 0.1) is 6.61 Å². The van der Waals surface area contributed by atoms with Gasteiger partial charge in [0.15, 0.2) is 5.69 Å². The summed E-state index contributed by atoms with van der Waals surface area (Å²) >= 11 is 0. The predicted octanol–water partition coefficient (Wildman–Crippen LogP) is 1.78. The third-order valence-corrected chi connectivity index (χ3v) is 1.91. The van der Waals surface area contributed by atoms with E-state index in [1.807, 2.05) is 0 Å². The van der Waals surface area contributed by atoms with Crippen molar-refractivity contribution in [2.24, 2.45) is 12.2 Å². The van der Waals surface area contributed by atoms with Crippen molar-refractivity contribution in [2.45, 2.75) is 12.2 Å². The Morgan fingerprint density at radius 2 is 2.31 bits per heavy atom. The van der Waals surface area contributed by atoms with Gasteiger partial charge in [0.1, 0.15) is 6.04 Å². The zero-order valence-corrected chi connectivity index (χ0v) is 8.18. The van der Waals surface area contributed by atoms with Crippen molar-refractivity contribution < 1.29 is 18.3 Å². The summed E-state index contributed by atoms with van der Waals surface area (Å²) in [7, 11) is 1.28. The first-order valence-corrected chi connectivity index (χ1v) is 4.16. The van der Waals surface area contributed by atoms with E-state index in [2.05, 4.69) is 15.1 Å². The van der Waals surface area contributed by atoms with Crippen LogP contribution >= 0.6 is 0 Å². The van der Waals surface area contributed by atoms with E-state index in [4.69, 9.17) is 10.6 Å². The van der Waals surface area contributed by atoms with E-state index < -0.39 is 24.5 Å². The molecular weight excluding hydrogens is 227 g/mol. The van der Waals surface area contributed by atoms with E-state index in [-0.39, 0.29) is 5.69 Å². The predicted molar refractivity (Wildman–Crippen MR) is 47.2 cm³/mol. The van der Waals surface area contributed by atoms with Crippen molar-refractivity contribution in [3.8, 4) is 0 Å². The van der Waals surface area contributed by atoms with Crippen LogP contribution in [0.5, 0.6) is 0 Å². The molecule has 0 radical (unpaired) electrons. The summed E-state index contributed by atoms with van der Waals surface area (Å²) in [5.41, 5.74) is 7.10. The molecule has 0 spiro atoms. The minimum absolute atomic E-state index is 0.00706. The third-order valence-electron chi connectivity index (χ3n) is 1.91. The Kier molecular flexibility index (Phi) is 3.41. The smallest absolute Gasteiger partial charge is 0.396 e. The molecule has 0 fully saturated rings. The second-order valence-corrected chi connectivity index (χ2v) is 2.98. The van der Waals surface area contributed by atoms with Crippen LogP contribution in [-0.4, -0.2) is 21.5 Å². The summed E-state index contributed by atoms with van der Waals surface area (Å²) in [6.45, 7) is -0.582. The van der Waals surface area contributed by atoms with Gasteiger partial charge in [0.2, 0.25) is 0 Å². The lowest BCUT2D eigenvalue weighted by Crippen LogP contribution is -2.07. The van der Waals surface area contributed by atoms with Gasteiger partial charge in [0, 0.05) is 17.7 Å². The molecule has 0 aliphatic carbocycles. The first-order valence-electron chi connectivity index (χ1n) is 4.16. The van der Waals surface area contributed by atoms with Crippen molar-refractivity contribution in [1.29, 1.82) is 0 Å². The fraction of sp³-hybridized carbons (Fsp3) is 0.571. The molecule has 0 aromatic carbocycles. The van der Waals surface area contributed by atoms with Crippen molar-refractivity contribution in [3.63, 3.8) is 0 Å². The van der Waals surface area contributed by atoms with Crippen molar-refractivity contribution >= 4 is 0 Å². The molecule has 1 atom stereocenters. The third kappa shape index (κ3) is 2.44. The SMILES string of the molecule is Cn1nc(C(F)(F)F)cc1C(CO)N=[N+]=[N-]. The molecule has 1 aromatic rings. The van der Waals surface area contributed by atoms with Gasteiger partial charge in [-0.1, -0.05) is 5.11 Å². The Hall–Kier alpha value is -1.73.